The van der Waals surface area contributed by atoms with Gasteiger partial charge in [0.05, 0.1) is 28.2 Å². The van der Waals surface area contributed by atoms with Crippen LogP contribution < -0.4 is 0 Å². The molecule has 0 aliphatic heterocycles. The molecule has 1 N–H and O–H groups in total. The lowest BCUT2D eigenvalue weighted by Crippen LogP contribution is -2.21. The number of ketones is 2. The molecule has 6 heteroatoms. The third-order valence-corrected chi connectivity index (χ3v) is 6.19. The summed E-state index contributed by atoms with van der Waals surface area (Å²) in [6.45, 7) is 0. The van der Waals surface area contributed by atoms with Crippen LogP contribution in [0.15, 0.2) is 63.3 Å². The molecule has 1 aromatic heterocycles. The molecule has 0 atom stereocenters. The first-order valence-corrected chi connectivity index (χ1v) is 11.1. The van der Waals surface area contributed by atoms with Crippen molar-refractivity contribution in [3.8, 4) is 0 Å². The normalized spacial score (nSPS) is 19.4. The van der Waals surface area contributed by atoms with E-state index in [-0.39, 0.29) is 23.7 Å². The Morgan fingerprint density at radius 3 is 2.62 bits per heavy atom. The molecule has 1 heterocycles. The van der Waals surface area contributed by atoms with E-state index in [1.165, 1.54) is 0 Å². The first kappa shape index (κ1) is 20.4. The zero-order valence-electron chi connectivity index (χ0n) is 17.8. The SMILES string of the molecule is O=C1CCCC(=Nc2ccc3ccccc3c2)/C1=C(\O)CCc1noc2c1C(=O)CCC2. The number of carbonyl (C=O) groups excluding carboxylic acids is 2. The summed E-state index contributed by atoms with van der Waals surface area (Å²) in [5.41, 5.74) is 2.82. The van der Waals surface area contributed by atoms with Crippen LogP contribution in [0.5, 0.6) is 0 Å². The highest BCUT2D eigenvalue weighted by Crippen LogP contribution is 2.29. The van der Waals surface area contributed by atoms with Gasteiger partial charge in [0, 0.05) is 32.1 Å². The van der Waals surface area contributed by atoms with E-state index < -0.39 is 0 Å². The molecule has 2 aliphatic rings. The fraction of sp³-hybridized carbons (Fsp3) is 0.308. The third-order valence-electron chi connectivity index (χ3n) is 6.19. The summed E-state index contributed by atoms with van der Waals surface area (Å²) in [7, 11) is 0. The number of rotatable bonds is 4. The van der Waals surface area contributed by atoms with E-state index in [2.05, 4.69) is 5.16 Å². The number of benzene rings is 2. The smallest absolute Gasteiger partial charge is 0.168 e. The number of fused-ring (bicyclic) bond motifs is 2. The van der Waals surface area contributed by atoms with Gasteiger partial charge >= 0.3 is 0 Å². The Labute approximate surface area is 185 Å². The number of nitrogens with zero attached hydrogens (tertiary/aromatic N) is 2. The molecule has 0 amide bonds. The second-order valence-electron chi connectivity index (χ2n) is 8.39. The van der Waals surface area contributed by atoms with Gasteiger partial charge in [-0.1, -0.05) is 35.5 Å². The lowest BCUT2D eigenvalue weighted by molar-refractivity contribution is -0.115. The van der Waals surface area contributed by atoms with Crippen molar-refractivity contribution in [1.29, 1.82) is 0 Å². The highest BCUT2D eigenvalue weighted by molar-refractivity contribution is 6.24. The van der Waals surface area contributed by atoms with Gasteiger partial charge in [-0.3, -0.25) is 14.6 Å². The van der Waals surface area contributed by atoms with Crippen molar-refractivity contribution in [2.24, 2.45) is 4.99 Å². The van der Waals surface area contributed by atoms with Crippen molar-refractivity contribution in [2.45, 2.75) is 51.4 Å². The third kappa shape index (κ3) is 3.88. The number of carbonyl (C=O) groups is 2. The summed E-state index contributed by atoms with van der Waals surface area (Å²) in [5, 5.41) is 17.1. The summed E-state index contributed by atoms with van der Waals surface area (Å²) in [6, 6.07) is 14.0. The first-order chi connectivity index (χ1) is 15.6. The van der Waals surface area contributed by atoms with Crippen LogP contribution in [-0.4, -0.2) is 27.5 Å². The van der Waals surface area contributed by atoms with Gasteiger partial charge in [-0.25, -0.2) is 0 Å². The highest BCUT2D eigenvalue weighted by atomic mass is 16.5. The quantitative estimate of drug-likeness (QED) is 0.430. The Morgan fingerprint density at radius 1 is 0.969 bits per heavy atom. The molecule has 1 fully saturated rings. The lowest BCUT2D eigenvalue weighted by Gasteiger charge is -2.18. The molecule has 5 rings (SSSR count). The number of aryl methyl sites for hydroxylation is 2. The van der Waals surface area contributed by atoms with E-state index in [0.717, 1.165) is 22.9 Å². The lowest BCUT2D eigenvalue weighted by atomic mass is 9.88. The standard InChI is InChI=1S/C26H24N2O4/c29-21-8-3-7-19(27-18-12-11-16-5-1-2-6-17(16)15-18)25(21)23(31)14-13-20-26-22(30)9-4-10-24(26)32-28-20/h1-2,5-6,11-12,15,31H,3-4,7-10,13-14H2/b25-23+,27-19?. The van der Waals surface area contributed by atoms with Crippen molar-refractivity contribution in [3.63, 3.8) is 0 Å². The van der Waals surface area contributed by atoms with Crippen LogP contribution in [0.25, 0.3) is 10.8 Å². The van der Waals surface area contributed by atoms with Gasteiger partial charge in [0.2, 0.25) is 0 Å². The van der Waals surface area contributed by atoms with Gasteiger partial charge in [0.25, 0.3) is 0 Å². The molecule has 1 saturated carbocycles. The predicted molar refractivity (Wildman–Crippen MR) is 122 cm³/mol. The number of allylic oxidation sites excluding steroid dienone is 2. The number of hydrogen-bond donors (Lipinski definition) is 1. The van der Waals surface area contributed by atoms with E-state index in [1.807, 2.05) is 42.5 Å². The van der Waals surface area contributed by atoms with Gasteiger partial charge < -0.3 is 9.63 Å². The summed E-state index contributed by atoms with van der Waals surface area (Å²) in [5.74, 6) is 0.596. The van der Waals surface area contributed by atoms with Crippen LogP contribution in [0.2, 0.25) is 0 Å². The second-order valence-corrected chi connectivity index (χ2v) is 8.39. The summed E-state index contributed by atoms with van der Waals surface area (Å²) < 4.78 is 5.33. The second kappa shape index (κ2) is 8.54. The molecule has 3 aromatic rings. The number of aromatic nitrogens is 1. The highest BCUT2D eigenvalue weighted by Gasteiger charge is 2.28. The molecule has 0 unspecified atom stereocenters. The molecule has 0 saturated heterocycles. The molecule has 2 aromatic carbocycles. The molecule has 32 heavy (non-hydrogen) atoms. The fourth-order valence-corrected chi connectivity index (χ4v) is 4.59. The van der Waals surface area contributed by atoms with Crippen LogP contribution >= 0.6 is 0 Å². The van der Waals surface area contributed by atoms with Crippen molar-refractivity contribution >= 4 is 33.7 Å². The zero-order chi connectivity index (χ0) is 22.1. The Bertz CT molecular complexity index is 1280. The maximum atomic E-state index is 12.7. The monoisotopic (exact) mass is 428 g/mol. The van der Waals surface area contributed by atoms with Gasteiger partial charge in [0.15, 0.2) is 11.6 Å². The largest absolute Gasteiger partial charge is 0.511 e. The topological polar surface area (TPSA) is 92.8 Å². The van der Waals surface area contributed by atoms with Gasteiger partial charge in [-0.15, -0.1) is 0 Å². The van der Waals surface area contributed by atoms with E-state index in [9.17, 15) is 14.7 Å². The zero-order valence-corrected chi connectivity index (χ0v) is 17.8. The van der Waals surface area contributed by atoms with Gasteiger partial charge in [0.1, 0.15) is 11.5 Å². The van der Waals surface area contributed by atoms with Crippen LogP contribution in [0.4, 0.5) is 5.69 Å². The Morgan fingerprint density at radius 2 is 1.75 bits per heavy atom. The van der Waals surface area contributed by atoms with Crippen molar-refractivity contribution in [2.75, 3.05) is 0 Å². The fourth-order valence-electron chi connectivity index (χ4n) is 4.59. The summed E-state index contributed by atoms with van der Waals surface area (Å²) in [4.78, 5) is 29.7. The number of aliphatic imine (C=N–C) groups is 1. The van der Waals surface area contributed by atoms with Crippen LogP contribution in [0.1, 0.15) is 60.3 Å². The van der Waals surface area contributed by atoms with Crippen molar-refractivity contribution in [1.82, 2.24) is 5.16 Å². The van der Waals surface area contributed by atoms with E-state index in [1.54, 1.807) is 0 Å². The first-order valence-electron chi connectivity index (χ1n) is 11.1. The number of aliphatic hydroxyl groups excluding tert-OH is 1. The van der Waals surface area contributed by atoms with E-state index in [4.69, 9.17) is 9.52 Å². The molecule has 0 bridgehead atoms. The maximum absolute atomic E-state index is 12.7. The number of Topliss-reactive ketones (excluding diaryl/α,β-unsaturated/α-hetero) is 2. The molecule has 6 nitrogen and oxygen atoms in total. The van der Waals surface area contributed by atoms with Gasteiger partial charge in [-0.05, 0) is 42.2 Å². The van der Waals surface area contributed by atoms with Gasteiger partial charge in [-0.2, -0.15) is 0 Å². The van der Waals surface area contributed by atoms with Crippen molar-refractivity contribution in [3.05, 3.63) is 70.8 Å². The molecular weight excluding hydrogens is 404 g/mol. The predicted octanol–water partition coefficient (Wildman–Crippen LogP) is 5.62. The maximum Gasteiger partial charge on any atom is 0.168 e. The molecule has 0 radical (unpaired) electrons. The number of aliphatic hydroxyl groups is 1. The molecular formula is C26H24N2O4. The van der Waals surface area contributed by atoms with Crippen LogP contribution in [0.3, 0.4) is 0 Å². The molecule has 0 spiro atoms. The Balaban J connectivity index is 1.43. The van der Waals surface area contributed by atoms with E-state index in [0.29, 0.717) is 66.8 Å². The molecule has 2 aliphatic carbocycles. The van der Waals surface area contributed by atoms with Crippen molar-refractivity contribution < 1.29 is 19.2 Å². The Kier molecular flexibility index (Phi) is 5.43. The average molecular weight is 428 g/mol. The minimum Gasteiger partial charge on any atom is -0.511 e. The minimum absolute atomic E-state index is 0.00856. The van der Waals surface area contributed by atoms with E-state index >= 15 is 0 Å². The van der Waals surface area contributed by atoms with Crippen LogP contribution in [0, 0.1) is 0 Å². The minimum atomic E-state index is -0.0912. The van der Waals surface area contributed by atoms with Crippen LogP contribution in [-0.2, 0) is 17.6 Å². The summed E-state index contributed by atoms with van der Waals surface area (Å²) >= 11 is 0. The Hall–Kier alpha value is -3.54. The number of hydrogen-bond acceptors (Lipinski definition) is 6. The average Bonchev–Trinajstić information content (AvgIpc) is 3.22. The summed E-state index contributed by atoms with van der Waals surface area (Å²) in [6.07, 6.45) is 4.29. The molecule has 162 valence electrons.